The third-order valence-corrected chi connectivity index (χ3v) is 6.00. The molecule has 1 N–H and O–H groups in total. The second kappa shape index (κ2) is 8.98. The molecule has 6 heteroatoms. The molecule has 1 fully saturated rings. The Morgan fingerprint density at radius 3 is 2.60 bits per heavy atom. The quantitative estimate of drug-likeness (QED) is 0.644. The number of ether oxygens (including phenoxy) is 1. The number of nitrogens with zero attached hydrogens (tertiary/aromatic N) is 3. The van der Waals surface area contributed by atoms with Crippen molar-refractivity contribution in [2.45, 2.75) is 25.8 Å². The number of methoxy groups -OCH3 is 1. The molecular formula is C24H28FN3O2. The van der Waals surface area contributed by atoms with Crippen LogP contribution in [0.15, 0.2) is 60.9 Å². The van der Waals surface area contributed by atoms with Gasteiger partial charge in [-0.15, -0.1) is 0 Å². The van der Waals surface area contributed by atoms with Gasteiger partial charge in [-0.3, -0.25) is 4.90 Å². The van der Waals surface area contributed by atoms with Gasteiger partial charge in [0.15, 0.2) is 0 Å². The lowest BCUT2D eigenvalue weighted by Gasteiger charge is -2.42. The summed E-state index contributed by atoms with van der Waals surface area (Å²) >= 11 is 0. The van der Waals surface area contributed by atoms with Gasteiger partial charge < -0.3 is 14.4 Å². The summed E-state index contributed by atoms with van der Waals surface area (Å²) in [6, 6.07) is 14.6. The molecule has 0 saturated carbocycles. The third kappa shape index (κ3) is 4.55. The van der Waals surface area contributed by atoms with Crippen molar-refractivity contribution in [2.75, 3.05) is 26.8 Å². The molecule has 2 heterocycles. The number of hydrogen-bond acceptors (Lipinski definition) is 4. The lowest BCUT2D eigenvalue weighted by molar-refractivity contribution is 0.0276. The van der Waals surface area contributed by atoms with Crippen LogP contribution in [0.5, 0.6) is 5.75 Å². The summed E-state index contributed by atoms with van der Waals surface area (Å²) in [5, 5.41) is 10.2. The number of likely N-dealkylation sites (tertiary alicyclic amines) is 1. The minimum atomic E-state index is -0.229. The van der Waals surface area contributed by atoms with Crippen LogP contribution in [-0.4, -0.2) is 46.4 Å². The topological polar surface area (TPSA) is 50.5 Å². The second-order valence-corrected chi connectivity index (χ2v) is 8.19. The van der Waals surface area contributed by atoms with Gasteiger partial charge >= 0.3 is 0 Å². The molecule has 3 aromatic rings. The zero-order valence-corrected chi connectivity index (χ0v) is 17.3. The fraction of sp³-hybridized carbons (Fsp3) is 0.375. The Balaban J connectivity index is 1.48. The molecule has 4 rings (SSSR count). The van der Waals surface area contributed by atoms with Crippen LogP contribution >= 0.6 is 0 Å². The lowest BCUT2D eigenvalue weighted by Crippen LogP contribution is -2.46. The molecule has 2 aromatic carbocycles. The number of rotatable bonds is 7. The van der Waals surface area contributed by atoms with E-state index in [1.165, 1.54) is 12.1 Å². The average Bonchev–Trinajstić information content (AvgIpc) is 3.24. The highest BCUT2D eigenvalue weighted by Gasteiger charge is 2.35. The minimum Gasteiger partial charge on any atom is -0.497 e. The first kappa shape index (κ1) is 20.6. The van der Waals surface area contributed by atoms with E-state index >= 15 is 0 Å². The van der Waals surface area contributed by atoms with Crippen molar-refractivity contribution in [1.82, 2.24) is 14.5 Å². The maximum absolute atomic E-state index is 13.3. The molecular weight excluding hydrogens is 381 g/mol. The zero-order valence-electron chi connectivity index (χ0n) is 17.3. The fourth-order valence-electron chi connectivity index (χ4n) is 4.44. The van der Waals surface area contributed by atoms with Crippen LogP contribution in [0.4, 0.5) is 4.39 Å². The Morgan fingerprint density at radius 1 is 1.13 bits per heavy atom. The van der Waals surface area contributed by atoms with Crippen LogP contribution in [0, 0.1) is 11.2 Å². The van der Waals surface area contributed by atoms with Gasteiger partial charge in [-0.2, -0.15) is 0 Å². The molecule has 0 unspecified atom stereocenters. The van der Waals surface area contributed by atoms with E-state index in [1.807, 2.05) is 48.8 Å². The number of hydrogen-bond donors (Lipinski definition) is 1. The zero-order chi connectivity index (χ0) is 21.0. The molecule has 0 bridgehead atoms. The first-order chi connectivity index (χ1) is 14.6. The summed E-state index contributed by atoms with van der Waals surface area (Å²) < 4.78 is 20.6. The van der Waals surface area contributed by atoms with Gasteiger partial charge in [0.25, 0.3) is 0 Å². The summed E-state index contributed by atoms with van der Waals surface area (Å²) in [6.45, 7) is 2.59. The Kier molecular flexibility index (Phi) is 6.16. The number of halogens is 1. The van der Waals surface area contributed by atoms with Crippen molar-refractivity contribution in [3.05, 3.63) is 78.1 Å². The summed E-state index contributed by atoms with van der Waals surface area (Å²) in [6.07, 6.45) is 6.52. The molecule has 1 aromatic heterocycles. The van der Waals surface area contributed by atoms with Gasteiger partial charge in [-0.05, 0) is 67.8 Å². The maximum atomic E-state index is 13.3. The van der Waals surface area contributed by atoms with Crippen molar-refractivity contribution in [1.29, 1.82) is 0 Å². The number of imidazole rings is 1. The van der Waals surface area contributed by atoms with Gasteiger partial charge in [0.2, 0.25) is 0 Å². The van der Waals surface area contributed by atoms with E-state index in [-0.39, 0.29) is 17.8 Å². The highest BCUT2D eigenvalue weighted by Crippen LogP contribution is 2.34. The Labute approximate surface area is 176 Å². The van der Waals surface area contributed by atoms with E-state index in [9.17, 15) is 9.50 Å². The normalized spacial score (nSPS) is 19.7. The van der Waals surface area contributed by atoms with E-state index in [0.717, 1.165) is 55.2 Å². The molecule has 0 spiro atoms. The lowest BCUT2D eigenvalue weighted by atomic mass is 9.75. The first-order valence-electron chi connectivity index (χ1n) is 10.4. The van der Waals surface area contributed by atoms with Crippen LogP contribution in [0.2, 0.25) is 0 Å². The Bertz CT molecular complexity index is 955. The predicted octanol–water partition coefficient (Wildman–Crippen LogP) is 3.84. The summed E-state index contributed by atoms with van der Waals surface area (Å²) in [5.41, 5.74) is 1.89. The molecule has 5 nitrogen and oxygen atoms in total. The second-order valence-electron chi connectivity index (χ2n) is 8.19. The predicted molar refractivity (Wildman–Crippen MR) is 114 cm³/mol. The summed E-state index contributed by atoms with van der Waals surface area (Å²) in [7, 11) is 1.66. The minimum absolute atomic E-state index is 0.119. The molecule has 0 aliphatic carbocycles. The van der Waals surface area contributed by atoms with Crippen molar-refractivity contribution in [3.8, 4) is 11.4 Å². The van der Waals surface area contributed by atoms with Gasteiger partial charge in [0.05, 0.1) is 20.3 Å². The standard InChI is InChI=1S/C24H28FN3O2/c1-30-22-9-7-21(8-10-22)28-14-12-26-23(28)16-27-13-2-11-24(17-27,18-29)15-19-3-5-20(25)6-4-19/h3-10,12,14,29H,2,11,13,15-18H2,1H3/t24-/m0/s1. The van der Waals surface area contributed by atoms with Gasteiger partial charge in [-0.25, -0.2) is 9.37 Å². The molecule has 30 heavy (non-hydrogen) atoms. The largest absolute Gasteiger partial charge is 0.497 e. The average molecular weight is 410 g/mol. The van der Waals surface area contributed by atoms with Crippen LogP contribution in [0.25, 0.3) is 5.69 Å². The van der Waals surface area contributed by atoms with Gasteiger partial charge in [0.1, 0.15) is 17.4 Å². The summed E-state index contributed by atoms with van der Waals surface area (Å²) in [4.78, 5) is 6.95. The Morgan fingerprint density at radius 2 is 1.90 bits per heavy atom. The van der Waals surface area contributed by atoms with Crippen molar-refractivity contribution in [3.63, 3.8) is 0 Å². The number of benzene rings is 2. The van der Waals surface area contributed by atoms with E-state index in [1.54, 1.807) is 7.11 Å². The van der Waals surface area contributed by atoms with Crippen molar-refractivity contribution >= 4 is 0 Å². The van der Waals surface area contributed by atoms with E-state index in [0.29, 0.717) is 6.54 Å². The highest BCUT2D eigenvalue weighted by atomic mass is 19.1. The Hall–Kier alpha value is -2.70. The van der Waals surface area contributed by atoms with Crippen molar-refractivity contribution in [2.24, 2.45) is 5.41 Å². The number of aliphatic hydroxyl groups excluding tert-OH is 1. The molecule has 1 saturated heterocycles. The monoisotopic (exact) mass is 409 g/mol. The van der Waals surface area contributed by atoms with E-state index in [4.69, 9.17) is 4.74 Å². The number of aliphatic hydroxyl groups is 1. The van der Waals surface area contributed by atoms with Crippen LogP contribution in [-0.2, 0) is 13.0 Å². The smallest absolute Gasteiger partial charge is 0.127 e. The fourth-order valence-corrected chi connectivity index (χ4v) is 4.44. The molecule has 1 aliphatic heterocycles. The molecule has 158 valence electrons. The van der Waals surface area contributed by atoms with Gasteiger partial charge in [0, 0.05) is 30.0 Å². The number of piperidine rings is 1. The SMILES string of the molecule is COc1ccc(-n2ccnc2CN2CCC[C@](CO)(Cc3ccc(F)cc3)C2)cc1. The summed E-state index contributed by atoms with van der Waals surface area (Å²) in [5.74, 6) is 1.56. The first-order valence-corrected chi connectivity index (χ1v) is 10.4. The maximum Gasteiger partial charge on any atom is 0.127 e. The third-order valence-electron chi connectivity index (χ3n) is 6.00. The molecule has 1 atom stereocenters. The van der Waals surface area contributed by atoms with Crippen LogP contribution in [0.3, 0.4) is 0 Å². The van der Waals surface area contributed by atoms with Gasteiger partial charge in [-0.1, -0.05) is 12.1 Å². The molecule has 0 radical (unpaired) electrons. The van der Waals surface area contributed by atoms with Crippen molar-refractivity contribution < 1.29 is 14.2 Å². The molecule has 1 aliphatic rings. The van der Waals surface area contributed by atoms with E-state index in [2.05, 4.69) is 14.5 Å². The van der Waals surface area contributed by atoms with E-state index < -0.39 is 0 Å². The molecule has 0 amide bonds. The van der Waals surface area contributed by atoms with Crippen LogP contribution in [0.1, 0.15) is 24.2 Å². The highest BCUT2D eigenvalue weighted by molar-refractivity contribution is 5.38. The van der Waals surface area contributed by atoms with Crippen LogP contribution < -0.4 is 4.74 Å². The number of aromatic nitrogens is 2.